The summed E-state index contributed by atoms with van der Waals surface area (Å²) in [6.45, 7) is 0.875. The highest BCUT2D eigenvalue weighted by Gasteiger charge is 2.20. The van der Waals surface area contributed by atoms with Crippen LogP contribution in [0.4, 0.5) is 4.39 Å². The fraction of sp³-hybridized carbons (Fsp3) is 0.667. The molecule has 1 aliphatic heterocycles. The largest absolute Gasteiger partial charge is 0.373 e. The molecule has 0 saturated carbocycles. The van der Waals surface area contributed by atoms with Crippen LogP contribution in [0.15, 0.2) is 12.4 Å². The smallest absolute Gasteiger partial charge is 0.0827 e. The third-order valence-corrected chi connectivity index (χ3v) is 1.15. The Balaban J connectivity index is 1.88. The molecule has 0 spiro atoms. The zero-order chi connectivity index (χ0) is 5.82. The van der Waals surface area contributed by atoms with Crippen molar-refractivity contribution in [3.63, 3.8) is 0 Å². The van der Waals surface area contributed by atoms with Gasteiger partial charge in [0.2, 0.25) is 0 Å². The lowest BCUT2D eigenvalue weighted by Gasteiger charge is -1.83. The van der Waals surface area contributed by atoms with Gasteiger partial charge < -0.3 is 4.74 Å². The Morgan fingerprint density at radius 3 is 3.00 bits per heavy atom. The highest BCUT2D eigenvalue weighted by Crippen LogP contribution is 2.15. The van der Waals surface area contributed by atoms with Gasteiger partial charge >= 0.3 is 0 Å². The minimum absolute atomic E-state index is 0.436. The molecule has 1 saturated heterocycles. The lowest BCUT2D eigenvalue weighted by atomic mass is 10.2. The molecule has 1 heterocycles. The Labute approximate surface area is 48.1 Å². The van der Waals surface area contributed by atoms with Gasteiger partial charge in [-0.15, -0.1) is 0 Å². The van der Waals surface area contributed by atoms with Crippen LogP contribution >= 0.6 is 0 Å². The van der Waals surface area contributed by atoms with Crippen molar-refractivity contribution in [1.29, 1.82) is 0 Å². The number of rotatable bonds is 3. The van der Waals surface area contributed by atoms with Crippen molar-refractivity contribution in [1.82, 2.24) is 0 Å². The van der Waals surface area contributed by atoms with E-state index in [4.69, 9.17) is 4.74 Å². The summed E-state index contributed by atoms with van der Waals surface area (Å²) < 4.78 is 16.1. The van der Waals surface area contributed by atoms with E-state index in [0.29, 0.717) is 12.4 Å². The van der Waals surface area contributed by atoms with Crippen LogP contribution in [0.1, 0.15) is 12.8 Å². The molecule has 1 aliphatic rings. The molecule has 0 aromatic heterocycles. The first-order valence-corrected chi connectivity index (χ1v) is 2.80. The van der Waals surface area contributed by atoms with Gasteiger partial charge in [0, 0.05) is 0 Å². The molecule has 2 heteroatoms. The van der Waals surface area contributed by atoms with Crippen LogP contribution < -0.4 is 0 Å². The Bertz CT molecular complexity index is 86.5. The molecule has 0 aliphatic carbocycles. The van der Waals surface area contributed by atoms with E-state index in [1.807, 2.05) is 0 Å². The third-order valence-electron chi connectivity index (χ3n) is 1.15. The Morgan fingerprint density at radius 1 is 1.75 bits per heavy atom. The monoisotopic (exact) mass is 116 g/mol. The second-order valence-corrected chi connectivity index (χ2v) is 1.89. The first-order chi connectivity index (χ1) is 3.93. The van der Waals surface area contributed by atoms with E-state index in [2.05, 4.69) is 0 Å². The van der Waals surface area contributed by atoms with Gasteiger partial charge in [0.1, 0.15) is 0 Å². The molecule has 0 aromatic carbocycles. The van der Waals surface area contributed by atoms with Crippen LogP contribution in [0.5, 0.6) is 0 Å². The summed E-state index contributed by atoms with van der Waals surface area (Å²) in [7, 11) is 0. The molecule has 1 nitrogen and oxygen atoms in total. The fourth-order valence-electron chi connectivity index (χ4n) is 0.580. The average Bonchev–Trinajstić information content (AvgIpc) is 2.51. The normalized spacial score (nSPS) is 26.9. The molecule has 1 atom stereocenters. The zero-order valence-corrected chi connectivity index (χ0v) is 4.64. The molecular weight excluding hydrogens is 107 g/mol. The van der Waals surface area contributed by atoms with Crippen molar-refractivity contribution < 1.29 is 9.13 Å². The van der Waals surface area contributed by atoms with Gasteiger partial charge in [-0.3, -0.25) is 0 Å². The van der Waals surface area contributed by atoms with Gasteiger partial charge in [-0.1, -0.05) is 6.08 Å². The van der Waals surface area contributed by atoms with Crippen LogP contribution in [-0.4, -0.2) is 12.7 Å². The second-order valence-electron chi connectivity index (χ2n) is 1.89. The molecule has 46 valence electrons. The summed E-state index contributed by atoms with van der Waals surface area (Å²) in [6, 6.07) is 0. The number of halogens is 1. The summed E-state index contributed by atoms with van der Waals surface area (Å²) in [6.07, 6.45) is 4.32. The Kier molecular flexibility index (Phi) is 2.03. The third kappa shape index (κ3) is 2.07. The highest BCUT2D eigenvalue weighted by molar-refractivity contribution is 4.77. The lowest BCUT2D eigenvalue weighted by Crippen LogP contribution is -1.80. The van der Waals surface area contributed by atoms with E-state index in [1.54, 1.807) is 0 Å². The number of hydrogen-bond donors (Lipinski definition) is 0. The van der Waals surface area contributed by atoms with Gasteiger partial charge in [0.05, 0.1) is 19.0 Å². The predicted octanol–water partition coefficient (Wildman–Crippen LogP) is 1.65. The molecule has 0 radical (unpaired) electrons. The van der Waals surface area contributed by atoms with E-state index < -0.39 is 0 Å². The quantitative estimate of drug-likeness (QED) is 0.511. The Morgan fingerprint density at radius 2 is 2.50 bits per heavy atom. The lowest BCUT2D eigenvalue weighted by molar-refractivity contribution is 0.398. The molecule has 0 N–H and O–H groups in total. The van der Waals surface area contributed by atoms with E-state index in [1.165, 1.54) is 6.08 Å². The van der Waals surface area contributed by atoms with E-state index >= 15 is 0 Å². The zero-order valence-electron chi connectivity index (χ0n) is 4.64. The van der Waals surface area contributed by atoms with Gasteiger partial charge in [0.15, 0.2) is 0 Å². The van der Waals surface area contributed by atoms with Crippen molar-refractivity contribution in [2.24, 2.45) is 0 Å². The SMILES string of the molecule is FC=CCCC1CO1. The summed E-state index contributed by atoms with van der Waals surface area (Å²) in [5.41, 5.74) is 0. The first kappa shape index (κ1) is 5.76. The summed E-state index contributed by atoms with van der Waals surface area (Å²) in [5.74, 6) is 0. The maximum absolute atomic E-state index is 11.2. The topological polar surface area (TPSA) is 12.5 Å². The van der Waals surface area contributed by atoms with Gasteiger partial charge in [-0.25, -0.2) is 4.39 Å². The fourth-order valence-corrected chi connectivity index (χ4v) is 0.580. The maximum Gasteiger partial charge on any atom is 0.0827 e. The molecule has 1 unspecified atom stereocenters. The van der Waals surface area contributed by atoms with Crippen LogP contribution in [0.25, 0.3) is 0 Å². The van der Waals surface area contributed by atoms with Crippen molar-refractivity contribution in [3.8, 4) is 0 Å². The van der Waals surface area contributed by atoms with Crippen LogP contribution in [-0.2, 0) is 4.74 Å². The molecule has 1 rings (SSSR count). The molecule has 1 fully saturated rings. The Hall–Kier alpha value is -0.370. The minimum atomic E-state index is 0.436. The molecule has 0 bridgehead atoms. The molecule has 0 aromatic rings. The average molecular weight is 116 g/mol. The highest BCUT2D eigenvalue weighted by atomic mass is 19.1. The van der Waals surface area contributed by atoms with E-state index in [0.717, 1.165) is 19.4 Å². The molecule has 8 heavy (non-hydrogen) atoms. The summed E-state index contributed by atoms with van der Waals surface area (Å²) >= 11 is 0. The van der Waals surface area contributed by atoms with Crippen molar-refractivity contribution >= 4 is 0 Å². The minimum Gasteiger partial charge on any atom is -0.373 e. The standard InChI is InChI=1S/C6H9FO/c7-4-2-1-3-6-5-8-6/h2,4,6H,1,3,5H2. The molecule has 0 amide bonds. The number of hydrogen-bond acceptors (Lipinski definition) is 1. The van der Waals surface area contributed by atoms with Crippen LogP contribution in [0.2, 0.25) is 0 Å². The van der Waals surface area contributed by atoms with Gasteiger partial charge in [-0.05, 0) is 12.8 Å². The summed E-state index contributed by atoms with van der Waals surface area (Å²) in [5, 5.41) is 0. The summed E-state index contributed by atoms with van der Waals surface area (Å²) in [4.78, 5) is 0. The number of epoxide rings is 1. The maximum atomic E-state index is 11.2. The van der Waals surface area contributed by atoms with Crippen molar-refractivity contribution in [3.05, 3.63) is 12.4 Å². The number of ether oxygens (including phenoxy) is 1. The molecular formula is C6H9FO. The first-order valence-electron chi connectivity index (χ1n) is 2.80. The van der Waals surface area contributed by atoms with Crippen LogP contribution in [0.3, 0.4) is 0 Å². The predicted molar refractivity (Wildman–Crippen MR) is 29.2 cm³/mol. The van der Waals surface area contributed by atoms with E-state index in [-0.39, 0.29) is 0 Å². The van der Waals surface area contributed by atoms with Crippen molar-refractivity contribution in [2.75, 3.05) is 6.61 Å². The van der Waals surface area contributed by atoms with E-state index in [9.17, 15) is 4.39 Å². The van der Waals surface area contributed by atoms with Crippen LogP contribution in [0, 0.1) is 0 Å². The number of allylic oxidation sites excluding steroid dienone is 1. The van der Waals surface area contributed by atoms with Gasteiger partial charge in [-0.2, -0.15) is 0 Å². The van der Waals surface area contributed by atoms with Crippen molar-refractivity contribution in [2.45, 2.75) is 18.9 Å². The second kappa shape index (κ2) is 2.82. The van der Waals surface area contributed by atoms with Gasteiger partial charge in [0.25, 0.3) is 0 Å².